The molecule has 2 aliphatic rings. The zero-order valence-corrected chi connectivity index (χ0v) is 17.1. The Bertz CT molecular complexity index is 1510. The Labute approximate surface area is 183 Å². The minimum Gasteiger partial charge on any atom is -0.469 e. The summed E-state index contributed by atoms with van der Waals surface area (Å²) in [5, 5.41) is 1.01. The third-order valence-corrected chi connectivity index (χ3v) is 5.58. The van der Waals surface area contributed by atoms with Crippen LogP contribution in [0.5, 0.6) is 0 Å². The average Bonchev–Trinajstić information content (AvgIpc) is 3.55. The summed E-state index contributed by atoms with van der Waals surface area (Å²) in [7, 11) is 0. The van der Waals surface area contributed by atoms with Crippen molar-refractivity contribution in [3.8, 4) is 17.3 Å². The molecule has 0 saturated carbocycles. The largest absolute Gasteiger partial charge is 0.469 e. The van der Waals surface area contributed by atoms with Crippen LogP contribution in [0.3, 0.4) is 0 Å². The highest BCUT2D eigenvalue weighted by Gasteiger charge is 2.22. The number of nitrogens with zero attached hydrogens (tertiary/aromatic N) is 2. The normalized spacial score (nSPS) is 11.5. The second kappa shape index (κ2) is 7.42. The lowest BCUT2D eigenvalue weighted by Gasteiger charge is -2.12. The third kappa shape index (κ3) is 3.22. The molecule has 2 aliphatic heterocycles. The number of benzene rings is 2. The minimum absolute atomic E-state index is 0.155. The van der Waals surface area contributed by atoms with Gasteiger partial charge in [0.15, 0.2) is 11.6 Å². The standard InChI is InChI=1S/C26H19N3O3/c30-26-21(15-19-10-6-12-31-19)28-25-20(13-17-7-2-1-3-8-17)27-22(16-29(25)26)24-14-18-9-4-5-11-23(18)32-24/h1-12,14,16,27H,13,15H2. The summed E-state index contributed by atoms with van der Waals surface area (Å²) >= 11 is 0. The van der Waals surface area contributed by atoms with Gasteiger partial charge in [-0.3, -0.25) is 9.36 Å². The Balaban J connectivity index is 1.52. The molecule has 1 N–H and O–H groups in total. The number of imidazole rings is 1. The maximum atomic E-state index is 13.2. The van der Waals surface area contributed by atoms with Crippen LogP contribution in [-0.2, 0) is 12.8 Å². The van der Waals surface area contributed by atoms with Gasteiger partial charge in [0.2, 0.25) is 0 Å². The van der Waals surface area contributed by atoms with Crippen LogP contribution >= 0.6 is 0 Å². The highest BCUT2D eigenvalue weighted by Crippen LogP contribution is 2.29. The highest BCUT2D eigenvalue weighted by atomic mass is 16.3. The lowest BCUT2D eigenvalue weighted by Crippen LogP contribution is -2.17. The lowest BCUT2D eigenvalue weighted by molar-refractivity contribution is 0.519. The molecule has 0 amide bonds. The van der Waals surface area contributed by atoms with E-state index >= 15 is 0 Å². The van der Waals surface area contributed by atoms with Gasteiger partial charge in [0.1, 0.15) is 17.0 Å². The van der Waals surface area contributed by atoms with Gasteiger partial charge >= 0.3 is 0 Å². The number of aromatic amines is 1. The van der Waals surface area contributed by atoms with E-state index in [0.717, 1.165) is 27.9 Å². The molecule has 0 unspecified atom stereocenters. The SMILES string of the molecule is O=c1c(Cc2ccco2)nc2c(Cc3ccccc3)[nH]c(-c3cc4ccccc4o3)cn1-2. The van der Waals surface area contributed by atoms with E-state index in [1.54, 1.807) is 17.0 Å². The molecule has 4 heterocycles. The van der Waals surface area contributed by atoms with Crippen LogP contribution in [0, 0.1) is 0 Å². The van der Waals surface area contributed by atoms with Gasteiger partial charge in [-0.05, 0) is 29.8 Å². The van der Waals surface area contributed by atoms with E-state index in [1.807, 2.05) is 60.7 Å². The van der Waals surface area contributed by atoms with Gasteiger partial charge in [-0.1, -0.05) is 48.5 Å². The summed E-state index contributed by atoms with van der Waals surface area (Å²) in [5.41, 5.74) is 3.78. The lowest BCUT2D eigenvalue weighted by atomic mass is 10.1. The zero-order valence-electron chi connectivity index (χ0n) is 17.1. The first-order chi connectivity index (χ1) is 15.7. The van der Waals surface area contributed by atoms with Crippen molar-refractivity contribution in [3.05, 3.63) is 118 Å². The van der Waals surface area contributed by atoms with Crippen LogP contribution in [0.4, 0.5) is 0 Å². The number of para-hydroxylation sites is 1. The molecule has 0 spiro atoms. The first-order valence-corrected chi connectivity index (χ1v) is 10.4. The number of fused-ring (bicyclic) bond motifs is 2. The van der Waals surface area contributed by atoms with Gasteiger partial charge in [0.25, 0.3) is 5.56 Å². The molecule has 2 aromatic carbocycles. The van der Waals surface area contributed by atoms with Crippen molar-refractivity contribution in [2.45, 2.75) is 12.8 Å². The molecule has 2 aromatic heterocycles. The van der Waals surface area contributed by atoms with Crippen LogP contribution in [0.25, 0.3) is 28.2 Å². The van der Waals surface area contributed by atoms with E-state index in [0.29, 0.717) is 35.9 Å². The molecule has 6 heteroatoms. The number of H-pyrrole nitrogens is 1. The van der Waals surface area contributed by atoms with Crippen molar-refractivity contribution < 1.29 is 8.83 Å². The average molecular weight is 421 g/mol. The minimum atomic E-state index is -0.155. The number of rotatable bonds is 5. The second-order valence-corrected chi connectivity index (χ2v) is 7.77. The quantitative estimate of drug-likeness (QED) is 0.416. The predicted octanol–water partition coefficient (Wildman–Crippen LogP) is 5.19. The Morgan fingerprint density at radius 2 is 1.78 bits per heavy atom. The summed E-state index contributed by atoms with van der Waals surface area (Å²) in [6, 6.07) is 23.6. The van der Waals surface area contributed by atoms with Gasteiger partial charge in [-0.2, -0.15) is 0 Å². The van der Waals surface area contributed by atoms with E-state index < -0.39 is 0 Å². The molecule has 0 radical (unpaired) electrons. The van der Waals surface area contributed by atoms with Gasteiger partial charge < -0.3 is 13.8 Å². The third-order valence-electron chi connectivity index (χ3n) is 5.58. The summed E-state index contributed by atoms with van der Waals surface area (Å²) in [6.07, 6.45) is 4.32. The van der Waals surface area contributed by atoms with Gasteiger partial charge in [-0.25, -0.2) is 4.98 Å². The van der Waals surface area contributed by atoms with Crippen LogP contribution in [0.15, 0.2) is 98.9 Å². The van der Waals surface area contributed by atoms with E-state index in [1.165, 1.54) is 0 Å². The summed E-state index contributed by atoms with van der Waals surface area (Å²) in [5.74, 6) is 1.99. The van der Waals surface area contributed by atoms with Crippen molar-refractivity contribution in [3.63, 3.8) is 0 Å². The molecule has 0 fully saturated rings. The molecule has 0 saturated heterocycles. The molecule has 4 aromatic rings. The predicted molar refractivity (Wildman–Crippen MR) is 121 cm³/mol. The van der Waals surface area contributed by atoms with Gasteiger partial charge in [-0.15, -0.1) is 0 Å². The maximum absolute atomic E-state index is 13.2. The fraction of sp³-hybridized carbons (Fsp3) is 0.0769. The second-order valence-electron chi connectivity index (χ2n) is 7.77. The van der Waals surface area contributed by atoms with E-state index in [2.05, 4.69) is 22.1 Å². The Kier molecular flexibility index (Phi) is 4.28. The molecule has 6 nitrogen and oxygen atoms in total. The van der Waals surface area contributed by atoms with Crippen LogP contribution in [0.2, 0.25) is 0 Å². The van der Waals surface area contributed by atoms with Crippen LogP contribution < -0.4 is 5.56 Å². The molecule has 32 heavy (non-hydrogen) atoms. The summed E-state index contributed by atoms with van der Waals surface area (Å²) in [6.45, 7) is 0. The number of furan rings is 2. The van der Waals surface area contributed by atoms with E-state index in [4.69, 9.17) is 8.83 Å². The summed E-state index contributed by atoms with van der Waals surface area (Å²) in [4.78, 5) is 21.4. The molecule has 0 atom stereocenters. The van der Waals surface area contributed by atoms with Crippen molar-refractivity contribution in [1.29, 1.82) is 0 Å². The molecular weight excluding hydrogens is 402 g/mol. The fourth-order valence-electron chi connectivity index (χ4n) is 4.03. The van der Waals surface area contributed by atoms with Crippen molar-refractivity contribution in [1.82, 2.24) is 14.5 Å². The van der Waals surface area contributed by atoms with E-state index in [9.17, 15) is 4.79 Å². The molecular formula is C26H19N3O3. The Hall–Kier alpha value is -4.32. The van der Waals surface area contributed by atoms with Crippen molar-refractivity contribution in [2.24, 2.45) is 0 Å². The van der Waals surface area contributed by atoms with Crippen LogP contribution in [-0.4, -0.2) is 14.5 Å². The first kappa shape index (κ1) is 18.4. The van der Waals surface area contributed by atoms with E-state index in [-0.39, 0.29) is 5.56 Å². The molecule has 0 aliphatic carbocycles. The van der Waals surface area contributed by atoms with Crippen LogP contribution in [0.1, 0.15) is 22.7 Å². The number of hydrogen-bond acceptors (Lipinski definition) is 4. The zero-order chi connectivity index (χ0) is 21.5. The van der Waals surface area contributed by atoms with Gasteiger partial charge in [0.05, 0.1) is 24.1 Å². The Morgan fingerprint density at radius 3 is 2.59 bits per heavy atom. The smallest absolute Gasteiger partial charge is 0.278 e. The highest BCUT2D eigenvalue weighted by molar-refractivity contribution is 5.82. The van der Waals surface area contributed by atoms with Gasteiger partial charge in [0, 0.05) is 18.0 Å². The first-order valence-electron chi connectivity index (χ1n) is 10.4. The monoisotopic (exact) mass is 421 g/mol. The fourth-order valence-corrected chi connectivity index (χ4v) is 4.03. The number of aromatic nitrogens is 3. The molecule has 156 valence electrons. The topological polar surface area (TPSA) is 77.0 Å². The maximum Gasteiger partial charge on any atom is 0.278 e. The van der Waals surface area contributed by atoms with Crippen molar-refractivity contribution in [2.75, 3.05) is 0 Å². The molecule has 6 rings (SSSR count). The van der Waals surface area contributed by atoms with Crippen molar-refractivity contribution >= 4 is 11.0 Å². The summed E-state index contributed by atoms with van der Waals surface area (Å²) < 4.78 is 13.1. The number of nitrogens with one attached hydrogen (secondary N) is 1. The number of hydrogen-bond donors (Lipinski definition) is 1. The Morgan fingerprint density at radius 1 is 0.938 bits per heavy atom. The molecule has 0 bridgehead atoms.